The molecule has 0 saturated carbocycles. The molecule has 0 aliphatic heterocycles. The number of methoxy groups -OCH3 is 1. The number of hydrogen-bond donors (Lipinski definition) is 0. The maximum atomic E-state index is 12.2. The van der Waals surface area contributed by atoms with E-state index in [9.17, 15) is 31.7 Å². The highest BCUT2D eigenvalue weighted by Crippen LogP contribution is 2.42. The molecular weight excluding hydrogens is 331 g/mol. The van der Waals surface area contributed by atoms with Crippen LogP contribution in [-0.4, -0.2) is 26.8 Å². The molecule has 0 amide bonds. The van der Waals surface area contributed by atoms with E-state index < -0.39 is 42.4 Å². The quantitative estimate of drug-likeness (QED) is 0.476. The molecule has 7 nitrogen and oxygen atoms in total. The summed E-state index contributed by atoms with van der Waals surface area (Å²) < 4.78 is 67.1. The molecule has 1 rings (SSSR count). The van der Waals surface area contributed by atoms with Crippen LogP contribution in [-0.2, 0) is 9.05 Å². The Morgan fingerprint density at radius 2 is 1.90 bits per heavy atom. The van der Waals surface area contributed by atoms with Crippen molar-refractivity contribution in [1.29, 1.82) is 0 Å². The molecule has 0 heterocycles. The van der Waals surface area contributed by atoms with Crippen molar-refractivity contribution in [2.45, 2.75) is 11.3 Å². The lowest BCUT2D eigenvalue weighted by Gasteiger charge is -2.14. The number of alkyl halides is 3. The topological polar surface area (TPSA) is 95.7 Å². The minimum atomic E-state index is -5.24. The molecule has 0 fully saturated rings. The Bertz CT molecular complexity index is 644. The summed E-state index contributed by atoms with van der Waals surface area (Å²) in [6.07, 6.45) is -5.24. The van der Waals surface area contributed by atoms with Gasteiger partial charge >= 0.3 is 6.36 Å². The molecule has 1 aromatic carbocycles. The van der Waals surface area contributed by atoms with Gasteiger partial charge < -0.3 is 9.47 Å². The van der Waals surface area contributed by atoms with Crippen molar-refractivity contribution in [2.75, 3.05) is 7.11 Å². The fourth-order valence-electron chi connectivity index (χ4n) is 1.22. The van der Waals surface area contributed by atoms with Gasteiger partial charge in [0.2, 0.25) is 0 Å². The first-order valence-corrected chi connectivity index (χ1v) is 6.83. The molecule has 1 aromatic rings. The van der Waals surface area contributed by atoms with E-state index in [1.807, 2.05) is 0 Å². The van der Waals surface area contributed by atoms with Gasteiger partial charge in [0, 0.05) is 16.7 Å². The number of rotatable bonds is 4. The Balaban J connectivity index is 3.66. The lowest BCUT2D eigenvalue weighted by molar-refractivity contribution is -0.385. The largest absolute Gasteiger partial charge is 0.573 e. The SMILES string of the molecule is COc1cc([N+](=O)[O-])cc(S(=O)(=O)Cl)c1OC(F)(F)F. The summed E-state index contributed by atoms with van der Waals surface area (Å²) in [6, 6.07) is 0.915. The molecule has 0 aromatic heterocycles. The monoisotopic (exact) mass is 335 g/mol. The van der Waals surface area contributed by atoms with Gasteiger partial charge in [0.15, 0.2) is 11.5 Å². The number of nitro benzene ring substituents is 1. The van der Waals surface area contributed by atoms with Crippen molar-refractivity contribution in [3.8, 4) is 11.5 Å². The minimum Gasteiger partial charge on any atom is -0.493 e. The zero-order valence-corrected chi connectivity index (χ0v) is 11.0. The van der Waals surface area contributed by atoms with Gasteiger partial charge in [-0.25, -0.2) is 8.42 Å². The van der Waals surface area contributed by atoms with Crippen LogP contribution in [0.2, 0.25) is 0 Å². The van der Waals surface area contributed by atoms with Gasteiger partial charge in [0.05, 0.1) is 18.1 Å². The molecule has 0 bridgehead atoms. The number of halogens is 4. The van der Waals surface area contributed by atoms with Crippen LogP contribution in [0.5, 0.6) is 11.5 Å². The number of nitro groups is 1. The summed E-state index contributed by atoms with van der Waals surface area (Å²) in [5.74, 6) is -2.07. The van der Waals surface area contributed by atoms with E-state index in [1.54, 1.807) is 0 Å². The smallest absolute Gasteiger partial charge is 0.493 e. The first-order chi connectivity index (χ1) is 8.95. The fourth-order valence-corrected chi connectivity index (χ4v) is 2.19. The van der Waals surface area contributed by atoms with Crippen LogP contribution < -0.4 is 9.47 Å². The highest BCUT2D eigenvalue weighted by molar-refractivity contribution is 8.13. The summed E-state index contributed by atoms with van der Waals surface area (Å²) in [5, 5.41) is 10.6. The van der Waals surface area contributed by atoms with Crippen molar-refractivity contribution in [3.63, 3.8) is 0 Å². The fraction of sp³-hybridized carbons (Fsp3) is 0.250. The van der Waals surface area contributed by atoms with Crippen molar-refractivity contribution in [2.24, 2.45) is 0 Å². The Labute approximate surface area is 114 Å². The number of nitrogens with zero attached hydrogens (tertiary/aromatic N) is 1. The van der Waals surface area contributed by atoms with Crippen molar-refractivity contribution in [1.82, 2.24) is 0 Å². The normalized spacial score (nSPS) is 12.1. The van der Waals surface area contributed by atoms with Gasteiger partial charge in [-0.1, -0.05) is 0 Å². The molecule has 20 heavy (non-hydrogen) atoms. The van der Waals surface area contributed by atoms with E-state index in [0.717, 1.165) is 7.11 Å². The van der Waals surface area contributed by atoms with Crippen molar-refractivity contribution in [3.05, 3.63) is 22.2 Å². The molecule has 0 spiro atoms. The zero-order chi connectivity index (χ0) is 15.7. The molecule has 0 aliphatic carbocycles. The van der Waals surface area contributed by atoms with Crippen LogP contribution in [0, 0.1) is 10.1 Å². The highest BCUT2D eigenvalue weighted by Gasteiger charge is 2.37. The summed E-state index contributed by atoms with van der Waals surface area (Å²) in [6.45, 7) is 0. The standard InChI is InChI=1S/C8H5ClF3NO6S/c1-18-5-2-4(13(14)15)3-6(20(9,16)17)7(5)19-8(10,11)12/h2-3H,1H3. The zero-order valence-electron chi connectivity index (χ0n) is 9.47. The minimum absolute atomic E-state index is 0.339. The first-order valence-electron chi connectivity index (χ1n) is 4.52. The number of hydrogen-bond acceptors (Lipinski definition) is 6. The van der Waals surface area contributed by atoms with Gasteiger partial charge in [-0.05, 0) is 0 Å². The third-order valence-electron chi connectivity index (χ3n) is 1.92. The second kappa shape index (κ2) is 5.32. The molecule has 0 N–H and O–H groups in total. The van der Waals surface area contributed by atoms with E-state index >= 15 is 0 Å². The molecule has 0 aliphatic rings. The molecule has 12 heteroatoms. The average Bonchev–Trinajstić information content (AvgIpc) is 2.25. The van der Waals surface area contributed by atoms with Crippen molar-refractivity contribution >= 4 is 25.4 Å². The Morgan fingerprint density at radius 1 is 1.35 bits per heavy atom. The lowest BCUT2D eigenvalue weighted by atomic mass is 10.3. The van der Waals surface area contributed by atoms with Gasteiger partial charge in [0.25, 0.3) is 14.7 Å². The summed E-state index contributed by atoms with van der Waals surface area (Å²) in [7, 11) is 1.10. The van der Waals surface area contributed by atoms with Crippen molar-refractivity contribution < 1.29 is 36.0 Å². The van der Waals surface area contributed by atoms with Gasteiger partial charge in [-0.3, -0.25) is 10.1 Å². The number of ether oxygens (including phenoxy) is 2. The molecule has 0 saturated heterocycles. The molecule has 0 unspecified atom stereocenters. The van der Waals surface area contributed by atoms with E-state index in [2.05, 4.69) is 9.47 Å². The molecule has 0 atom stereocenters. The predicted octanol–water partition coefficient (Wildman–Crippen LogP) is 2.43. The maximum Gasteiger partial charge on any atom is 0.573 e. The second-order valence-electron chi connectivity index (χ2n) is 3.22. The van der Waals surface area contributed by atoms with Crippen LogP contribution >= 0.6 is 10.7 Å². The first kappa shape index (κ1) is 16.3. The van der Waals surface area contributed by atoms with E-state index in [4.69, 9.17) is 10.7 Å². The van der Waals surface area contributed by atoms with Crippen LogP contribution in [0.4, 0.5) is 18.9 Å². The van der Waals surface area contributed by atoms with E-state index in [0.29, 0.717) is 12.1 Å². The average molecular weight is 336 g/mol. The van der Waals surface area contributed by atoms with Crippen LogP contribution in [0.25, 0.3) is 0 Å². The van der Waals surface area contributed by atoms with E-state index in [1.165, 1.54) is 0 Å². The second-order valence-corrected chi connectivity index (χ2v) is 5.75. The number of benzene rings is 1. The third-order valence-corrected chi connectivity index (χ3v) is 3.24. The maximum absolute atomic E-state index is 12.2. The van der Waals surface area contributed by atoms with Gasteiger partial charge in [-0.2, -0.15) is 0 Å². The summed E-state index contributed by atoms with van der Waals surface area (Å²) in [4.78, 5) is 8.35. The summed E-state index contributed by atoms with van der Waals surface area (Å²) in [5.41, 5.74) is -0.824. The predicted molar refractivity (Wildman–Crippen MR) is 59.4 cm³/mol. The van der Waals surface area contributed by atoms with Crippen LogP contribution in [0.1, 0.15) is 0 Å². The highest BCUT2D eigenvalue weighted by atomic mass is 35.7. The van der Waals surface area contributed by atoms with Crippen LogP contribution in [0.15, 0.2) is 17.0 Å². The van der Waals surface area contributed by atoms with Crippen LogP contribution in [0.3, 0.4) is 0 Å². The molecule has 0 radical (unpaired) electrons. The Hall–Kier alpha value is -1.75. The van der Waals surface area contributed by atoms with E-state index in [-0.39, 0.29) is 0 Å². The Kier molecular flexibility index (Phi) is 4.34. The molecule has 112 valence electrons. The summed E-state index contributed by atoms with van der Waals surface area (Å²) >= 11 is 0. The molecular formula is C8H5ClF3NO6S. The van der Waals surface area contributed by atoms with Gasteiger partial charge in [-0.15, -0.1) is 13.2 Å². The number of non-ortho nitro benzene ring substituents is 1. The Morgan fingerprint density at radius 3 is 2.25 bits per heavy atom. The third kappa shape index (κ3) is 3.87. The van der Waals surface area contributed by atoms with Gasteiger partial charge in [0.1, 0.15) is 4.90 Å². The lowest BCUT2D eigenvalue weighted by Crippen LogP contribution is -2.19.